The molecule has 0 aliphatic rings. The van der Waals surface area contributed by atoms with Crippen molar-refractivity contribution in [3.8, 4) is 10.8 Å². The molecule has 0 aliphatic heterocycles. The molecule has 5 nitrogen and oxygen atoms in total. The van der Waals surface area contributed by atoms with Gasteiger partial charge in [0.1, 0.15) is 6.54 Å². The average molecular weight is 432 g/mol. The van der Waals surface area contributed by atoms with Gasteiger partial charge in [0.15, 0.2) is 11.5 Å². The Bertz CT molecular complexity index is 1020. The van der Waals surface area contributed by atoms with E-state index in [9.17, 15) is 26.3 Å². The lowest BCUT2D eigenvalue weighted by atomic mass is 10.1. The molecule has 1 aromatic carbocycles. The number of nitrogens with zero attached hydrogens (tertiary/aromatic N) is 4. The summed E-state index contributed by atoms with van der Waals surface area (Å²) in [6.07, 6.45) is -9.59. The highest BCUT2D eigenvalue weighted by Crippen LogP contribution is 2.39. The highest BCUT2D eigenvalue weighted by atomic mass is 32.1. The van der Waals surface area contributed by atoms with Crippen LogP contribution in [0, 0.1) is 6.57 Å². The van der Waals surface area contributed by atoms with Crippen LogP contribution >= 0.6 is 11.3 Å². The van der Waals surface area contributed by atoms with Gasteiger partial charge in [-0.25, -0.2) is 4.85 Å². The number of hydrogen-bond donors (Lipinski definition) is 0. The summed E-state index contributed by atoms with van der Waals surface area (Å²) in [5.41, 5.74) is -2.39. The largest absolute Gasteiger partial charge is 0.407 e. The lowest BCUT2D eigenvalue weighted by Crippen LogP contribution is -2.34. The molecule has 0 bridgehead atoms. The summed E-state index contributed by atoms with van der Waals surface area (Å²) in [5.74, 6) is -0.0262. The van der Waals surface area contributed by atoms with Gasteiger partial charge in [0.05, 0.1) is 23.6 Å². The van der Waals surface area contributed by atoms with E-state index in [1.54, 1.807) is 17.5 Å². The summed E-state index contributed by atoms with van der Waals surface area (Å²) >= 11 is 1.28. The van der Waals surface area contributed by atoms with E-state index in [0.29, 0.717) is 15.8 Å². The Morgan fingerprint density at radius 1 is 1.14 bits per heavy atom. The SMILES string of the molecule is [C-]#[N+]c1ccc(N(Cc2noc(-c3cccs3)n2)CC(F)(F)F)cc1C(F)(F)F. The topological polar surface area (TPSA) is 46.5 Å². The highest BCUT2D eigenvalue weighted by molar-refractivity contribution is 7.13. The van der Waals surface area contributed by atoms with Gasteiger partial charge in [-0.05, 0) is 23.6 Å². The molecular formula is C17H10F6N4OS. The molecule has 152 valence electrons. The lowest BCUT2D eigenvalue weighted by molar-refractivity contribution is -0.136. The van der Waals surface area contributed by atoms with Gasteiger partial charge in [0.2, 0.25) is 0 Å². The predicted octanol–water partition coefficient (Wildman–Crippen LogP) is 5.94. The maximum Gasteiger partial charge on any atom is 0.407 e. The van der Waals surface area contributed by atoms with Crippen LogP contribution in [0.4, 0.5) is 37.7 Å². The van der Waals surface area contributed by atoms with Crippen LogP contribution in [0.3, 0.4) is 0 Å². The molecule has 0 saturated carbocycles. The van der Waals surface area contributed by atoms with Crippen molar-refractivity contribution < 1.29 is 30.9 Å². The number of aromatic nitrogens is 2. The summed E-state index contributed by atoms with van der Waals surface area (Å²) in [6.45, 7) is 4.76. The highest BCUT2D eigenvalue weighted by Gasteiger charge is 2.36. The molecule has 0 spiro atoms. The first kappa shape index (κ1) is 20.7. The maximum atomic E-state index is 13.2. The molecule has 2 aromatic heterocycles. The van der Waals surface area contributed by atoms with E-state index in [0.717, 1.165) is 12.1 Å². The Hall–Kier alpha value is -3.07. The van der Waals surface area contributed by atoms with Crippen LogP contribution in [0.25, 0.3) is 15.6 Å². The number of alkyl halides is 6. The smallest absolute Gasteiger partial charge is 0.355 e. The minimum Gasteiger partial charge on any atom is -0.355 e. The quantitative estimate of drug-likeness (QED) is 0.370. The summed E-state index contributed by atoms with van der Waals surface area (Å²) in [7, 11) is 0. The van der Waals surface area contributed by atoms with E-state index in [4.69, 9.17) is 11.1 Å². The summed E-state index contributed by atoms with van der Waals surface area (Å²) < 4.78 is 83.6. The van der Waals surface area contributed by atoms with E-state index < -0.39 is 36.7 Å². The minimum absolute atomic E-state index is 0.0984. The Labute approximate surface area is 164 Å². The van der Waals surface area contributed by atoms with Gasteiger partial charge in [0, 0.05) is 5.69 Å². The van der Waals surface area contributed by atoms with Crippen molar-refractivity contribution in [1.82, 2.24) is 10.1 Å². The van der Waals surface area contributed by atoms with Gasteiger partial charge in [-0.15, -0.1) is 11.3 Å². The predicted molar refractivity (Wildman–Crippen MR) is 92.4 cm³/mol. The van der Waals surface area contributed by atoms with Crippen molar-refractivity contribution >= 4 is 22.7 Å². The number of benzene rings is 1. The third-order valence-electron chi connectivity index (χ3n) is 3.67. The monoisotopic (exact) mass is 432 g/mol. The maximum absolute atomic E-state index is 13.2. The summed E-state index contributed by atoms with van der Waals surface area (Å²) in [6, 6.07) is 5.77. The van der Waals surface area contributed by atoms with Crippen molar-refractivity contribution in [3.63, 3.8) is 0 Å². The molecule has 0 amide bonds. The first-order chi connectivity index (χ1) is 13.6. The number of rotatable bonds is 5. The summed E-state index contributed by atoms with van der Waals surface area (Å²) in [5, 5.41) is 5.36. The zero-order valence-corrected chi connectivity index (χ0v) is 15.1. The van der Waals surface area contributed by atoms with Crippen LogP contribution in [0.5, 0.6) is 0 Å². The second kappa shape index (κ2) is 7.75. The fourth-order valence-electron chi connectivity index (χ4n) is 2.49. The van der Waals surface area contributed by atoms with Gasteiger partial charge in [0.25, 0.3) is 5.89 Å². The molecule has 3 aromatic rings. The van der Waals surface area contributed by atoms with Crippen molar-refractivity contribution in [3.05, 3.63) is 58.5 Å². The van der Waals surface area contributed by atoms with E-state index in [1.807, 2.05) is 0 Å². The standard InChI is InChI=1S/C17H10F6N4OS/c1-24-12-5-4-10(7-11(12)17(21,22)23)27(9-16(18,19)20)8-14-25-15(28-26-14)13-3-2-6-29-13/h2-7H,8-9H2. The van der Waals surface area contributed by atoms with Crippen molar-refractivity contribution in [1.29, 1.82) is 0 Å². The molecule has 0 radical (unpaired) electrons. The van der Waals surface area contributed by atoms with Crippen LogP contribution < -0.4 is 4.90 Å². The molecule has 0 saturated heterocycles. The average Bonchev–Trinajstić information content (AvgIpc) is 3.30. The first-order valence-electron chi connectivity index (χ1n) is 7.83. The lowest BCUT2D eigenvalue weighted by Gasteiger charge is -2.25. The van der Waals surface area contributed by atoms with Crippen LogP contribution in [0.2, 0.25) is 0 Å². The van der Waals surface area contributed by atoms with Crippen LogP contribution in [0.1, 0.15) is 11.4 Å². The molecule has 2 heterocycles. The Kier molecular flexibility index (Phi) is 5.52. The molecule has 0 N–H and O–H groups in total. The number of thiophene rings is 1. The third-order valence-corrected chi connectivity index (χ3v) is 4.53. The summed E-state index contributed by atoms with van der Waals surface area (Å²) in [4.78, 5) is 8.03. The van der Waals surface area contributed by atoms with Crippen molar-refractivity contribution in [2.45, 2.75) is 18.9 Å². The van der Waals surface area contributed by atoms with E-state index >= 15 is 0 Å². The van der Waals surface area contributed by atoms with Crippen LogP contribution in [0.15, 0.2) is 40.2 Å². The van der Waals surface area contributed by atoms with Crippen LogP contribution in [-0.4, -0.2) is 22.9 Å². The Morgan fingerprint density at radius 2 is 1.90 bits per heavy atom. The van der Waals surface area contributed by atoms with Crippen molar-refractivity contribution in [2.24, 2.45) is 0 Å². The molecule has 0 unspecified atom stereocenters. The van der Waals surface area contributed by atoms with Crippen LogP contribution in [-0.2, 0) is 12.7 Å². The Balaban J connectivity index is 1.95. The molecular weight excluding hydrogens is 422 g/mol. The third kappa shape index (κ3) is 5.05. The van der Waals surface area contributed by atoms with E-state index in [1.165, 1.54) is 11.3 Å². The number of hydrogen-bond acceptors (Lipinski definition) is 5. The van der Waals surface area contributed by atoms with Gasteiger partial charge >= 0.3 is 12.4 Å². The molecule has 3 rings (SSSR count). The van der Waals surface area contributed by atoms with E-state index in [-0.39, 0.29) is 17.4 Å². The Morgan fingerprint density at radius 3 is 2.48 bits per heavy atom. The number of halogens is 6. The molecule has 0 aliphatic carbocycles. The molecule has 0 fully saturated rings. The van der Waals surface area contributed by atoms with Gasteiger partial charge in [-0.2, -0.15) is 31.3 Å². The fourth-order valence-corrected chi connectivity index (χ4v) is 3.13. The van der Waals surface area contributed by atoms with Gasteiger partial charge in [-0.1, -0.05) is 17.3 Å². The van der Waals surface area contributed by atoms with Crippen molar-refractivity contribution in [2.75, 3.05) is 11.4 Å². The normalized spacial score (nSPS) is 12.0. The number of anilines is 1. The zero-order chi connectivity index (χ0) is 21.2. The zero-order valence-electron chi connectivity index (χ0n) is 14.3. The van der Waals surface area contributed by atoms with Gasteiger partial charge < -0.3 is 9.42 Å². The second-order valence-corrected chi connectivity index (χ2v) is 6.72. The van der Waals surface area contributed by atoms with Gasteiger partial charge in [-0.3, -0.25) is 0 Å². The van der Waals surface area contributed by atoms with E-state index in [2.05, 4.69) is 15.0 Å². The molecule has 29 heavy (non-hydrogen) atoms. The fraction of sp³-hybridized carbons (Fsp3) is 0.235. The molecule has 12 heteroatoms. The second-order valence-electron chi connectivity index (χ2n) is 5.78. The first-order valence-corrected chi connectivity index (χ1v) is 8.71. The molecule has 0 atom stereocenters. The minimum atomic E-state index is -4.89.